The molecule has 4 rings (SSSR count). The lowest BCUT2D eigenvalue weighted by molar-refractivity contribution is -0.349. The van der Waals surface area contributed by atoms with Crippen molar-refractivity contribution in [2.45, 2.75) is 39.2 Å². The van der Waals surface area contributed by atoms with E-state index in [9.17, 15) is 10.0 Å². The molecule has 2 aliphatic rings. The Bertz CT molecular complexity index is 1080. The largest absolute Gasteiger partial charge is 0.619 e. The van der Waals surface area contributed by atoms with Crippen molar-refractivity contribution >= 4 is 18.6 Å². The first-order valence-electron chi connectivity index (χ1n) is 12.5. The molecule has 2 aromatic carbocycles. The zero-order valence-corrected chi connectivity index (χ0v) is 21.6. The molecule has 0 aromatic heterocycles. The summed E-state index contributed by atoms with van der Waals surface area (Å²) in [5.41, 5.74) is 2.94. The topological polar surface area (TPSA) is 83.3 Å². The number of rotatable bonds is 8. The maximum atomic E-state index is 12.5. The number of fused-ring (bicyclic) bond motifs is 3. The fourth-order valence-corrected chi connectivity index (χ4v) is 5.56. The Kier molecular flexibility index (Phi) is 8.04. The summed E-state index contributed by atoms with van der Waals surface area (Å²) in [4.78, 5) is 15.0. The van der Waals surface area contributed by atoms with Gasteiger partial charge in [0.1, 0.15) is 12.5 Å². The van der Waals surface area contributed by atoms with E-state index in [0.29, 0.717) is 34.6 Å². The molecule has 0 amide bonds. The van der Waals surface area contributed by atoms with Crippen LogP contribution in [0.2, 0.25) is 0 Å². The third-order valence-electron chi connectivity index (χ3n) is 7.29. The van der Waals surface area contributed by atoms with E-state index in [2.05, 4.69) is 37.6 Å². The van der Waals surface area contributed by atoms with E-state index in [1.807, 2.05) is 0 Å². The first kappa shape index (κ1) is 25.8. The number of hydrogen-bond acceptors (Lipinski definition) is 7. The zero-order valence-electron chi connectivity index (χ0n) is 21.6. The van der Waals surface area contributed by atoms with Crippen molar-refractivity contribution < 1.29 is 28.5 Å². The van der Waals surface area contributed by atoms with E-state index in [1.165, 1.54) is 11.1 Å². The van der Waals surface area contributed by atoms with Gasteiger partial charge in [0.15, 0.2) is 11.5 Å². The minimum Gasteiger partial charge on any atom is -0.619 e. The number of methoxy groups -OCH3 is 2. The van der Waals surface area contributed by atoms with Crippen LogP contribution in [0.5, 0.6) is 17.2 Å². The standard InChI is InChI=1S/C28H36N2O6/c1-18(2)12-20-16-30-11-10-19-14-26(33-4)27(34-5)15-24(19)25(30)13-21(20)17-35-28(31)36-23-8-6-22(7-9-23)29(3)32/h6-9,14-15,18,20-21,25H,3,10-13,16-17H2,1-2,4-5H3/t20-,21?,25?/m1/s1. The number of nitrogens with zero attached hydrogens (tertiary/aromatic N) is 2. The SMILES string of the molecule is C=[N+]([O-])c1ccc(OC(=O)OCC2CC3c4cc(OC)c(OC)cc4CCN3C[C@H]2CC(C)C)cc1. The third-order valence-corrected chi connectivity index (χ3v) is 7.29. The van der Waals surface area contributed by atoms with Crippen LogP contribution in [0.1, 0.15) is 43.9 Å². The van der Waals surface area contributed by atoms with E-state index in [4.69, 9.17) is 18.9 Å². The van der Waals surface area contributed by atoms with Gasteiger partial charge in [-0.3, -0.25) is 4.90 Å². The average Bonchev–Trinajstić information content (AvgIpc) is 2.86. The van der Waals surface area contributed by atoms with Crippen LogP contribution < -0.4 is 14.2 Å². The number of hydrogen-bond donors (Lipinski definition) is 0. The molecule has 36 heavy (non-hydrogen) atoms. The second-order valence-electron chi connectivity index (χ2n) is 10.1. The summed E-state index contributed by atoms with van der Waals surface area (Å²) in [5.74, 6) is 3.00. The van der Waals surface area contributed by atoms with Crippen LogP contribution in [-0.4, -0.2) is 56.4 Å². The normalized spacial score (nSPS) is 21.3. The lowest BCUT2D eigenvalue weighted by atomic mass is 9.74. The van der Waals surface area contributed by atoms with Crippen molar-refractivity contribution in [3.63, 3.8) is 0 Å². The molecule has 0 bridgehead atoms. The molecule has 0 N–H and O–H groups in total. The molecule has 0 radical (unpaired) electrons. The Morgan fingerprint density at radius 1 is 1.14 bits per heavy atom. The highest BCUT2D eigenvalue weighted by Crippen LogP contribution is 2.45. The van der Waals surface area contributed by atoms with Gasteiger partial charge < -0.3 is 24.2 Å². The first-order chi connectivity index (χ1) is 17.3. The molecule has 1 saturated heterocycles. The summed E-state index contributed by atoms with van der Waals surface area (Å²) in [6.45, 7) is 10.0. The van der Waals surface area contributed by atoms with Gasteiger partial charge in [0.2, 0.25) is 5.69 Å². The zero-order chi connectivity index (χ0) is 25.8. The summed E-state index contributed by atoms with van der Waals surface area (Å²) in [6.07, 6.45) is 2.21. The number of carbonyl (C=O) groups excluding carboxylic acids is 1. The van der Waals surface area contributed by atoms with Crippen LogP contribution in [0, 0.1) is 23.0 Å². The maximum Gasteiger partial charge on any atom is 0.513 e. The fraction of sp³-hybridized carbons (Fsp3) is 0.500. The molecule has 8 heteroatoms. The summed E-state index contributed by atoms with van der Waals surface area (Å²) in [5, 5.41) is 11.3. The molecule has 3 atom stereocenters. The number of benzene rings is 2. The van der Waals surface area contributed by atoms with Gasteiger partial charge in [-0.05, 0) is 72.4 Å². The monoisotopic (exact) mass is 496 g/mol. The van der Waals surface area contributed by atoms with Crippen LogP contribution in [-0.2, 0) is 11.2 Å². The van der Waals surface area contributed by atoms with Crippen LogP contribution in [0.3, 0.4) is 0 Å². The highest BCUT2D eigenvalue weighted by molar-refractivity contribution is 5.64. The molecule has 194 valence electrons. The number of piperidine rings is 1. The lowest BCUT2D eigenvalue weighted by Crippen LogP contribution is -2.47. The van der Waals surface area contributed by atoms with E-state index in [0.717, 1.165) is 43.9 Å². The van der Waals surface area contributed by atoms with Gasteiger partial charge in [-0.25, -0.2) is 4.79 Å². The summed E-state index contributed by atoms with van der Waals surface area (Å²) >= 11 is 0. The number of carbonyl (C=O) groups is 1. The highest BCUT2D eigenvalue weighted by atomic mass is 16.7. The minimum absolute atomic E-state index is 0.211. The molecule has 2 heterocycles. The van der Waals surface area contributed by atoms with Gasteiger partial charge in [0.05, 0.1) is 20.8 Å². The summed E-state index contributed by atoms with van der Waals surface area (Å²) in [6, 6.07) is 10.6. The summed E-state index contributed by atoms with van der Waals surface area (Å²) < 4.78 is 22.6. The average molecular weight is 497 g/mol. The second-order valence-corrected chi connectivity index (χ2v) is 10.1. The third kappa shape index (κ3) is 5.75. The molecule has 2 unspecified atom stereocenters. The molecule has 2 aliphatic heterocycles. The van der Waals surface area contributed by atoms with Crippen LogP contribution >= 0.6 is 0 Å². The van der Waals surface area contributed by atoms with Gasteiger partial charge in [-0.15, -0.1) is 0 Å². The maximum absolute atomic E-state index is 12.5. The van der Waals surface area contributed by atoms with Crippen LogP contribution in [0.4, 0.5) is 10.5 Å². The first-order valence-corrected chi connectivity index (χ1v) is 12.5. The van der Waals surface area contributed by atoms with Gasteiger partial charge in [-0.1, -0.05) is 13.8 Å². The van der Waals surface area contributed by atoms with Crippen LogP contribution in [0.15, 0.2) is 36.4 Å². The van der Waals surface area contributed by atoms with Crippen molar-refractivity contribution in [1.82, 2.24) is 4.90 Å². The predicted molar refractivity (Wildman–Crippen MR) is 137 cm³/mol. The van der Waals surface area contributed by atoms with E-state index < -0.39 is 6.16 Å². The van der Waals surface area contributed by atoms with E-state index >= 15 is 0 Å². The van der Waals surface area contributed by atoms with Gasteiger partial charge >= 0.3 is 6.16 Å². The molecule has 2 aromatic rings. The predicted octanol–water partition coefficient (Wildman–Crippen LogP) is 5.34. The molecule has 0 spiro atoms. The molecular formula is C28H36N2O6. The number of ether oxygens (including phenoxy) is 4. The van der Waals surface area contributed by atoms with Gasteiger partial charge in [-0.2, -0.15) is 4.74 Å². The van der Waals surface area contributed by atoms with Crippen molar-refractivity contribution in [3.8, 4) is 17.2 Å². The fourth-order valence-electron chi connectivity index (χ4n) is 5.56. The van der Waals surface area contributed by atoms with E-state index in [1.54, 1.807) is 38.5 Å². The molecule has 1 fully saturated rings. The lowest BCUT2D eigenvalue weighted by Gasteiger charge is -2.47. The minimum atomic E-state index is -0.738. The van der Waals surface area contributed by atoms with Crippen LogP contribution in [0.25, 0.3) is 0 Å². The van der Waals surface area contributed by atoms with Gasteiger partial charge in [0, 0.05) is 31.3 Å². The Hall–Kier alpha value is -3.26. The smallest absolute Gasteiger partial charge is 0.513 e. The second kappa shape index (κ2) is 11.2. The molecular weight excluding hydrogens is 460 g/mol. The Labute approximate surface area is 213 Å². The van der Waals surface area contributed by atoms with Crippen molar-refractivity contribution in [2.75, 3.05) is 33.9 Å². The Balaban J connectivity index is 1.47. The highest BCUT2D eigenvalue weighted by Gasteiger charge is 2.40. The van der Waals surface area contributed by atoms with E-state index in [-0.39, 0.29) is 12.0 Å². The Morgan fingerprint density at radius 3 is 2.47 bits per heavy atom. The van der Waals surface area contributed by atoms with Crippen molar-refractivity contribution in [2.24, 2.45) is 17.8 Å². The molecule has 0 saturated carbocycles. The quantitative estimate of drug-likeness (QED) is 0.122. The van der Waals surface area contributed by atoms with Crippen molar-refractivity contribution in [1.29, 1.82) is 0 Å². The molecule has 0 aliphatic carbocycles. The molecule has 8 nitrogen and oxygen atoms in total. The van der Waals surface area contributed by atoms with Gasteiger partial charge in [0.25, 0.3) is 0 Å². The Morgan fingerprint density at radius 2 is 1.83 bits per heavy atom. The summed E-state index contributed by atoms with van der Waals surface area (Å²) in [7, 11) is 3.33. The van der Waals surface area contributed by atoms with Crippen molar-refractivity contribution in [3.05, 3.63) is 52.7 Å².